The van der Waals surface area contributed by atoms with Gasteiger partial charge < -0.3 is 10.3 Å². The number of halogens is 1. The highest BCUT2D eigenvalue weighted by Gasteiger charge is 2.24. The van der Waals surface area contributed by atoms with Crippen LogP contribution in [0.15, 0.2) is 60.4 Å². The van der Waals surface area contributed by atoms with Crippen molar-refractivity contribution < 1.29 is 9.18 Å². The third kappa shape index (κ3) is 3.84. The van der Waals surface area contributed by atoms with Crippen LogP contribution in [0.2, 0.25) is 0 Å². The maximum Gasteiger partial charge on any atom is 0.227 e. The SMILES string of the molecule is O=C(Nc1cncc(-c2ccc3[nH]nc(-c4nc5c(-c6cccs6)nccc5[nH]4)c3c2F)c1)C1CCCC1. The molecule has 188 valence electrons. The van der Waals surface area contributed by atoms with Crippen LogP contribution in [0.4, 0.5) is 10.1 Å². The van der Waals surface area contributed by atoms with Crippen molar-refractivity contribution >= 4 is 44.9 Å². The average Bonchev–Trinajstić information content (AvgIpc) is 3.74. The van der Waals surface area contributed by atoms with E-state index in [4.69, 9.17) is 4.98 Å². The van der Waals surface area contributed by atoms with E-state index in [1.165, 1.54) is 0 Å². The number of H-pyrrole nitrogens is 2. The predicted molar refractivity (Wildman–Crippen MR) is 146 cm³/mol. The molecule has 1 aromatic carbocycles. The lowest BCUT2D eigenvalue weighted by molar-refractivity contribution is -0.119. The van der Waals surface area contributed by atoms with Gasteiger partial charge in [0.2, 0.25) is 5.91 Å². The number of carbonyl (C=O) groups is 1. The first kappa shape index (κ1) is 22.7. The molecule has 5 heterocycles. The molecule has 38 heavy (non-hydrogen) atoms. The fourth-order valence-electron chi connectivity index (χ4n) is 5.20. The Kier molecular flexibility index (Phi) is 5.47. The summed E-state index contributed by atoms with van der Waals surface area (Å²) in [5.41, 5.74) is 4.67. The van der Waals surface area contributed by atoms with Crippen molar-refractivity contribution in [2.24, 2.45) is 5.92 Å². The molecule has 0 unspecified atom stereocenters. The zero-order valence-electron chi connectivity index (χ0n) is 20.2. The Morgan fingerprint density at radius 2 is 1.97 bits per heavy atom. The topological polar surface area (TPSA) is 112 Å². The van der Waals surface area contributed by atoms with Crippen LogP contribution in [-0.2, 0) is 4.79 Å². The van der Waals surface area contributed by atoms with Crippen LogP contribution in [0.3, 0.4) is 0 Å². The number of benzene rings is 1. The summed E-state index contributed by atoms with van der Waals surface area (Å²) in [5.74, 6) is 0.0311. The van der Waals surface area contributed by atoms with E-state index in [1.54, 1.807) is 48.1 Å². The number of amides is 1. The number of fused-ring (bicyclic) bond motifs is 2. The summed E-state index contributed by atoms with van der Waals surface area (Å²) in [5, 5.41) is 12.6. The van der Waals surface area contributed by atoms with Crippen molar-refractivity contribution in [3.8, 4) is 33.2 Å². The van der Waals surface area contributed by atoms with E-state index in [-0.39, 0.29) is 11.8 Å². The first-order valence-electron chi connectivity index (χ1n) is 12.5. The Morgan fingerprint density at radius 1 is 1.08 bits per heavy atom. The van der Waals surface area contributed by atoms with Crippen LogP contribution in [0.5, 0.6) is 0 Å². The maximum absolute atomic E-state index is 16.1. The number of nitrogens with zero attached hydrogens (tertiary/aromatic N) is 4. The van der Waals surface area contributed by atoms with Gasteiger partial charge in [-0.25, -0.2) is 9.37 Å². The van der Waals surface area contributed by atoms with Gasteiger partial charge in [-0.15, -0.1) is 11.3 Å². The lowest BCUT2D eigenvalue weighted by atomic mass is 10.0. The standard InChI is InChI=1S/C28H22FN7OS/c29-23-18(16-12-17(14-30-13-16)32-28(37)15-4-1-2-5-15)7-8-19-22(23)26(36-35-19)27-33-20-9-10-31-25(24(20)34-27)21-6-3-11-38-21/h3,6-15H,1-2,4-5H2,(H,32,37)(H,33,34)(H,35,36). The van der Waals surface area contributed by atoms with Crippen LogP contribution in [0.1, 0.15) is 25.7 Å². The second-order valence-electron chi connectivity index (χ2n) is 9.47. The highest BCUT2D eigenvalue weighted by atomic mass is 32.1. The highest BCUT2D eigenvalue weighted by molar-refractivity contribution is 7.13. The Labute approximate surface area is 220 Å². The van der Waals surface area contributed by atoms with E-state index in [1.807, 2.05) is 23.6 Å². The number of anilines is 1. The van der Waals surface area contributed by atoms with Crippen molar-refractivity contribution in [2.45, 2.75) is 25.7 Å². The number of pyridine rings is 2. The monoisotopic (exact) mass is 523 g/mol. The number of rotatable bonds is 5. The molecule has 10 heteroatoms. The summed E-state index contributed by atoms with van der Waals surface area (Å²) in [4.78, 5) is 30.4. The molecule has 0 spiro atoms. The van der Waals surface area contributed by atoms with Crippen LogP contribution < -0.4 is 5.32 Å². The van der Waals surface area contributed by atoms with Crippen molar-refractivity contribution in [2.75, 3.05) is 5.32 Å². The van der Waals surface area contributed by atoms with Gasteiger partial charge >= 0.3 is 0 Å². The summed E-state index contributed by atoms with van der Waals surface area (Å²) < 4.78 is 16.1. The molecule has 0 saturated heterocycles. The van der Waals surface area contributed by atoms with Crippen LogP contribution in [-0.4, -0.2) is 36.0 Å². The molecular formula is C28H22FN7OS. The minimum atomic E-state index is -0.440. The van der Waals surface area contributed by atoms with Gasteiger partial charge in [0, 0.05) is 29.4 Å². The van der Waals surface area contributed by atoms with Gasteiger partial charge in [0.05, 0.1) is 33.2 Å². The molecule has 1 saturated carbocycles. The minimum Gasteiger partial charge on any atom is -0.336 e. The quantitative estimate of drug-likeness (QED) is 0.237. The molecule has 0 bridgehead atoms. The Balaban J connectivity index is 1.28. The Hall–Kier alpha value is -4.44. The lowest BCUT2D eigenvalue weighted by Crippen LogP contribution is -2.20. The summed E-state index contributed by atoms with van der Waals surface area (Å²) in [7, 11) is 0. The predicted octanol–water partition coefficient (Wildman–Crippen LogP) is 6.56. The summed E-state index contributed by atoms with van der Waals surface area (Å²) in [6.45, 7) is 0. The van der Waals surface area contributed by atoms with E-state index in [2.05, 4.69) is 30.5 Å². The van der Waals surface area contributed by atoms with E-state index in [9.17, 15) is 4.79 Å². The first-order chi connectivity index (χ1) is 18.7. The largest absolute Gasteiger partial charge is 0.336 e. The Bertz CT molecular complexity index is 1800. The molecule has 5 aromatic heterocycles. The third-order valence-corrected chi connectivity index (χ3v) is 7.97. The van der Waals surface area contributed by atoms with Gasteiger partial charge in [-0.1, -0.05) is 18.9 Å². The molecule has 1 fully saturated rings. The van der Waals surface area contributed by atoms with Crippen LogP contribution in [0.25, 0.3) is 55.2 Å². The van der Waals surface area contributed by atoms with Crippen molar-refractivity contribution in [3.63, 3.8) is 0 Å². The molecule has 0 atom stereocenters. The molecule has 1 aliphatic rings. The Morgan fingerprint density at radius 3 is 2.82 bits per heavy atom. The number of carbonyl (C=O) groups excluding carboxylic acids is 1. The molecule has 3 N–H and O–H groups in total. The van der Waals surface area contributed by atoms with Gasteiger partial charge in [-0.05, 0) is 48.6 Å². The number of nitrogens with one attached hydrogen (secondary N) is 3. The van der Waals surface area contributed by atoms with Gasteiger partial charge in [-0.3, -0.25) is 19.9 Å². The van der Waals surface area contributed by atoms with Gasteiger partial charge in [0.15, 0.2) is 5.82 Å². The smallest absolute Gasteiger partial charge is 0.227 e. The number of aromatic amines is 2. The lowest BCUT2D eigenvalue weighted by Gasteiger charge is -2.11. The van der Waals surface area contributed by atoms with Gasteiger partial charge in [0.1, 0.15) is 22.7 Å². The first-order valence-corrected chi connectivity index (χ1v) is 13.4. The van der Waals surface area contributed by atoms with E-state index < -0.39 is 5.82 Å². The summed E-state index contributed by atoms with van der Waals surface area (Å²) in [6.07, 6.45) is 8.86. The minimum absolute atomic E-state index is 0.00390. The molecular weight excluding hydrogens is 501 g/mol. The van der Waals surface area contributed by atoms with Crippen LogP contribution >= 0.6 is 11.3 Å². The molecule has 7 rings (SSSR count). The molecule has 8 nitrogen and oxygen atoms in total. The molecule has 6 aromatic rings. The zero-order valence-corrected chi connectivity index (χ0v) is 21.0. The molecule has 0 radical (unpaired) electrons. The normalized spacial score (nSPS) is 14.0. The van der Waals surface area contributed by atoms with Gasteiger partial charge in [-0.2, -0.15) is 5.10 Å². The van der Waals surface area contributed by atoms with Crippen molar-refractivity contribution in [3.05, 3.63) is 66.2 Å². The van der Waals surface area contributed by atoms with E-state index in [0.717, 1.165) is 41.8 Å². The van der Waals surface area contributed by atoms with Gasteiger partial charge in [0.25, 0.3) is 0 Å². The molecule has 1 amide bonds. The van der Waals surface area contributed by atoms with Crippen LogP contribution in [0, 0.1) is 11.7 Å². The molecule has 1 aliphatic carbocycles. The van der Waals surface area contributed by atoms with Crippen molar-refractivity contribution in [1.29, 1.82) is 0 Å². The van der Waals surface area contributed by atoms with E-state index >= 15 is 4.39 Å². The molecule has 0 aliphatic heterocycles. The second-order valence-corrected chi connectivity index (χ2v) is 10.4. The third-order valence-electron chi connectivity index (χ3n) is 7.09. The highest BCUT2D eigenvalue weighted by Crippen LogP contribution is 2.36. The van der Waals surface area contributed by atoms with E-state index in [0.29, 0.717) is 44.8 Å². The fraction of sp³-hybridized carbons (Fsp3) is 0.179. The number of aromatic nitrogens is 6. The number of imidazole rings is 1. The second kappa shape index (κ2) is 9.14. The fourth-order valence-corrected chi connectivity index (χ4v) is 5.92. The number of thiophene rings is 1. The maximum atomic E-state index is 16.1. The number of hydrogen-bond acceptors (Lipinski definition) is 6. The zero-order chi connectivity index (χ0) is 25.6. The average molecular weight is 524 g/mol. The number of hydrogen-bond donors (Lipinski definition) is 3. The summed E-state index contributed by atoms with van der Waals surface area (Å²) in [6, 6.07) is 11.0. The van der Waals surface area contributed by atoms with Crippen molar-refractivity contribution in [1.82, 2.24) is 30.1 Å². The summed E-state index contributed by atoms with van der Waals surface area (Å²) >= 11 is 1.58.